The van der Waals surface area contributed by atoms with Crippen LogP contribution < -0.4 is 0 Å². The number of aromatic nitrogens is 2. The summed E-state index contributed by atoms with van der Waals surface area (Å²) in [4.78, 5) is 11.7. The highest BCUT2D eigenvalue weighted by atomic mass is 79.9. The molecule has 2 rings (SSSR count). The topological polar surface area (TPSA) is 44.1 Å². The van der Waals surface area contributed by atoms with E-state index in [2.05, 4.69) is 21.0 Å². The molecule has 5 heteroatoms. The van der Waals surface area contributed by atoms with Gasteiger partial charge in [0.25, 0.3) is 0 Å². The second-order valence-electron chi connectivity index (χ2n) is 3.77. The van der Waals surface area contributed by atoms with Gasteiger partial charge in [-0.3, -0.25) is 0 Å². The second-order valence-corrected chi connectivity index (χ2v) is 4.52. The number of esters is 1. The first kappa shape index (κ1) is 12.8. The number of ether oxygens (including phenoxy) is 1. The van der Waals surface area contributed by atoms with Crippen molar-refractivity contribution < 1.29 is 9.53 Å². The largest absolute Gasteiger partial charge is 0.462 e. The van der Waals surface area contributed by atoms with Crippen LogP contribution in [0, 0.1) is 6.92 Å². The maximum atomic E-state index is 11.7. The molecule has 18 heavy (non-hydrogen) atoms. The molecule has 2 aromatic rings. The smallest absolute Gasteiger partial charge is 0.342 e. The Hall–Kier alpha value is -1.62. The average molecular weight is 309 g/mol. The molecule has 0 bridgehead atoms. The van der Waals surface area contributed by atoms with Crippen molar-refractivity contribution in [2.75, 3.05) is 6.61 Å². The van der Waals surface area contributed by atoms with E-state index in [0.717, 1.165) is 11.3 Å². The molecule has 1 aromatic heterocycles. The highest BCUT2D eigenvalue weighted by Crippen LogP contribution is 2.23. The fourth-order valence-corrected chi connectivity index (χ4v) is 2.20. The average Bonchev–Trinajstić information content (AvgIpc) is 2.72. The van der Waals surface area contributed by atoms with Crippen LogP contribution in [0.4, 0.5) is 0 Å². The van der Waals surface area contributed by atoms with Gasteiger partial charge in [0.2, 0.25) is 0 Å². The maximum absolute atomic E-state index is 11.7. The monoisotopic (exact) mass is 308 g/mol. The van der Waals surface area contributed by atoms with Gasteiger partial charge < -0.3 is 4.74 Å². The van der Waals surface area contributed by atoms with E-state index in [-0.39, 0.29) is 5.97 Å². The number of nitrogens with zero attached hydrogens (tertiary/aromatic N) is 2. The summed E-state index contributed by atoms with van der Waals surface area (Å²) in [6.07, 6.45) is 1.51. The highest BCUT2D eigenvalue weighted by Gasteiger charge is 2.17. The Morgan fingerprint density at radius 1 is 1.44 bits per heavy atom. The first-order valence-electron chi connectivity index (χ1n) is 5.61. The summed E-state index contributed by atoms with van der Waals surface area (Å²) < 4.78 is 7.25. The molecule has 94 valence electrons. The molecule has 1 heterocycles. The van der Waals surface area contributed by atoms with Crippen molar-refractivity contribution in [3.8, 4) is 5.69 Å². The summed E-state index contributed by atoms with van der Waals surface area (Å²) in [7, 11) is 0. The van der Waals surface area contributed by atoms with Crippen LogP contribution in [0.2, 0.25) is 0 Å². The lowest BCUT2D eigenvalue weighted by Gasteiger charge is -2.07. The number of benzene rings is 1. The quantitative estimate of drug-likeness (QED) is 0.818. The molecule has 0 aliphatic carbocycles. The Kier molecular flexibility index (Phi) is 3.81. The van der Waals surface area contributed by atoms with Crippen molar-refractivity contribution in [1.29, 1.82) is 0 Å². The predicted molar refractivity (Wildman–Crippen MR) is 72.0 cm³/mol. The third-order valence-corrected chi connectivity index (χ3v) is 3.31. The minimum absolute atomic E-state index is 0.348. The van der Waals surface area contributed by atoms with E-state index in [1.807, 2.05) is 31.2 Å². The van der Waals surface area contributed by atoms with Crippen molar-refractivity contribution in [1.82, 2.24) is 9.78 Å². The van der Waals surface area contributed by atoms with E-state index < -0.39 is 0 Å². The number of para-hydroxylation sites is 1. The number of rotatable bonds is 3. The van der Waals surface area contributed by atoms with Crippen LogP contribution in [0.1, 0.15) is 22.8 Å². The zero-order valence-corrected chi connectivity index (χ0v) is 11.8. The molecular formula is C13H13BrN2O2. The number of halogens is 1. The highest BCUT2D eigenvalue weighted by molar-refractivity contribution is 9.10. The van der Waals surface area contributed by atoms with Gasteiger partial charge in [-0.25, -0.2) is 9.48 Å². The fourth-order valence-electron chi connectivity index (χ4n) is 1.65. The van der Waals surface area contributed by atoms with Crippen molar-refractivity contribution >= 4 is 21.9 Å². The van der Waals surface area contributed by atoms with Gasteiger partial charge in [-0.2, -0.15) is 5.10 Å². The van der Waals surface area contributed by atoms with Crippen LogP contribution in [-0.4, -0.2) is 22.4 Å². The minimum atomic E-state index is -0.371. The fraction of sp³-hybridized carbons (Fsp3) is 0.231. The van der Waals surface area contributed by atoms with Crippen LogP contribution >= 0.6 is 15.9 Å². The Bertz CT molecular complexity index is 578. The molecule has 0 saturated heterocycles. The van der Waals surface area contributed by atoms with Crippen LogP contribution in [0.3, 0.4) is 0 Å². The van der Waals surface area contributed by atoms with Gasteiger partial charge in [0.05, 0.1) is 18.5 Å². The predicted octanol–water partition coefficient (Wildman–Crippen LogP) is 3.12. The molecule has 4 nitrogen and oxygen atoms in total. The standard InChI is InChI=1S/C13H13BrN2O2/c1-3-18-13(17)10-8-15-16(12(10)14)11-7-5-4-6-9(11)2/h4-8H,3H2,1-2H3. The van der Waals surface area contributed by atoms with E-state index in [0.29, 0.717) is 16.8 Å². The SMILES string of the molecule is CCOC(=O)c1cnn(-c2ccccc2C)c1Br. The van der Waals surface area contributed by atoms with Crippen molar-refractivity contribution in [2.45, 2.75) is 13.8 Å². The molecule has 0 fully saturated rings. The molecule has 1 aromatic carbocycles. The molecule has 0 saturated carbocycles. The lowest BCUT2D eigenvalue weighted by atomic mass is 10.2. The van der Waals surface area contributed by atoms with Gasteiger partial charge in [-0.15, -0.1) is 0 Å². The van der Waals surface area contributed by atoms with E-state index in [1.54, 1.807) is 11.6 Å². The molecule has 0 atom stereocenters. The maximum Gasteiger partial charge on any atom is 0.342 e. The van der Waals surface area contributed by atoms with Crippen molar-refractivity contribution in [2.24, 2.45) is 0 Å². The van der Waals surface area contributed by atoms with Crippen LogP contribution in [-0.2, 0) is 4.74 Å². The van der Waals surface area contributed by atoms with Crippen molar-refractivity contribution in [3.05, 3.63) is 46.2 Å². The van der Waals surface area contributed by atoms with E-state index >= 15 is 0 Å². The number of carbonyl (C=O) groups excluding carboxylic acids is 1. The summed E-state index contributed by atoms with van der Waals surface area (Å²) in [5.74, 6) is -0.371. The zero-order chi connectivity index (χ0) is 13.1. The molecule has 0 amide bonds. The minimum Gasteiger partial charge on any atom is -0.462 e. The first-order valence-corrected chi connectivity index (χ1v) is 6.41. The molecule has 0 radical (unpaired) electrons. The Morgan fingerprint density at radius 2 is 2.17 bits per heavy atom. The summed E-state index contributed by atoms with van der Waals surface area (Å²) >= 11 is 3.39. The van der Waals surface area contributed by atoms with Gasteiger partial charge in [-0.05, 0) is 41.4 Å². The number of carbonyl (C=O) groups is 1. The van der Waals surface area contributed by atoms with E-state index in [1.165, 1.54) is 6.20 Å². The van der Waals surface area contributed by atoms with Crippen LogP contribution in [0.25, 0.3) is 5.69 Å². The molecule has 0 aliphatic rings. The Balaban J connectivity index is 2.43. The van der Waals surface area contributed by atoms with Gasteiger partial charge >= 0.3 is 5.97 Å². The molecule has 0 aliphatic heterocycles. The van der Waals surface area contributed by atoms with Crippen LogP contribution in [0.5, 0.6) is 0 Å². The number of aryl methyl sites for hydroxylation is 1. The van der Waals surface area contributed by atoms with Gasteiger partial charge in [0.15, 0.2) is 0 Å². The lowest BCUT2D eigenvalue weighted by molar-refractivity contribution is 0.0525. The molecule has 0 unspecified atom stereocenters. The first-order chi connectivity index (χ1) is 8.65. The zero-order valence-electron chi connectivity index (χ0n) is 10.2. The molecular weight excluding hydrogens is 296 g/mol. The third kappa shape index (κ3) is 2.31. The summed E-state index contributed by atoms with van der Waals surface area (Å²) in [5, 5.41) is 4.22. The van der Waals surface area contributed by atoms with Gasteiger partial charge in [0.1, 0.15) is 10.2 Å². The second kappa shape index (κ2) is 5.35. The Morgan fingerprint density at radius 3 is 2.83 bits per heavy atom. The number of hydrogen-bond donors (Lipinski definition) is 0. The molecule has 0 spiro atoms. The summed E-state index contributed by atoms with van der Waals surface area (Å²) in [6.45, 7) is 4.12. The van der Waals surface area contributed by atoms with E-state index in [4.69, 9.17) is 4.74 Å². The van der Waals surface area contributed by atoms with Gasteiger partial charge in [-0.1, -0.05) is 18.2 Å². The Labute approximate surface area is 114 Å². The van der Waals surface area contributed by atoms with E-state index in [9.17, 15) is 4.79 Å². The summed E-state index contributed by atoms with van der Waals surface area (Å²) in [6, 6.07) is 7.83. The summed E-state index contributed by atoms with van der Waals surface area (Å²) in [5.41, 5.74) is 2.44. The molecule has 0 N–H and O–H groups in total. The van der Waals surface area contributed by atoms with Crippen molar-refractivity contribution in [3.63, 3.8) is 0 Å². The van der Waals surface area contributed by atoms with Gasteiger partial charge in [0, 0.05) is 0 Å². The normalized spacial score (nSPS) is 10.4. The number of hydrogen-bond acceptors (Lipinski definition) is 3. The lowest BCUT2D eigenvalue weighted by Crippen LogP contribution is -2.05. The third-order valence-electron chi connectivity index (χ3n) is 2.55. The van der Waals surface area contributed by atoms with Crippen LogP contribution in [0.15, 0.2) is 35.1 Å².